The maximum Gasteiger partial charge on any atom is 0.339 e. The van der Waals surface area contributed by atoms with E-state index in [0.29, 0.717) is 11.4 Å². The summed E-state index contributed by atoms with van der Waals surface area (Å²) in [7, 11) is 1.55. The molecule has 27 heavy (non-hydrogen) atoms. The summed E-state index contributed by atoms with van der Waals surface area (Å²) in [6, 6.07) is 6.06. The van der Waals surface area contributed by atoms with Crippen molar-refractivity contribution in [2.45, 2.75) is 27.3 Å². The average molecular weight is 393 g/mol. The van der Waals surface area contributed by atoms with Crippen LogP contribution >= 0.6 is 11.6 Å². The van der Waals surface area contributed by atoms with E-state index >= 15 is 0 Å². The number of nitrogens with zero attached hydrogens (tertiary/aromatic N) is 1. The minimum absolute atomic E-state index is 0.0577. The molecule has 1 aromatic carbocycles. The minimum atomic E-state index is -1.09. The van der Waals surface area contributed by atoms with Crippen molar-refractivity contribution in [1.29, 1.82) is 0 Å². The third kappa shape index (κ3) is 4.89. The smallest absolute Gasteiger partial charge is 0.339 e. The maximum absolute atomic E-state index is 12.7. The van der Waals surface area contributed by atoms with E-state index in [1.165, 1.54) is 23.1 Å². The standard InChI is InChI=1S/C19H21ClN2O5/c1-10(2)17(23)21-12-5-6-16(20)15(7-12)18(24)22(4)9-13-8-14(19(25)26)11(3)27-13/h5-8,10H,9H2,1-4H3,(H,21,23)(H,25,26). The molecule has 0 saturated carbocycles. The molecule has 8 heteroatoms. The highest BCUT2D eigenvalue weighted by atomic mass is 35.5. The van der Waals surface area contributed by atoms with E-state index in [1.54, 1.807) is 33.9 Å². The van der Waals surface area contributed by atoms with Gasteiger partial charge in [0.15, 0.2) is 0 Å². The molecule has 0 aliphatic carbocycles. The van der Waals surface area contributed by atoms with Crippen molar-refractivity contribution < 1.29 is 23.9 Å². The van der Waals surface area contributed by atoms with Crippen LogP contribution in [0.4, 0.5) is 5.69 Å². The molecule has 0 aliphatic rings. The van der Waals surface area contributed by atoms with Gasteiger partial charge in [0.1, 0.15) is 17.1 Å². The number of aromatic carboxylic acids is 1. The van der Waals surface area contributed by atoms with Gasteiger partial charge in [0.05, 0.1) is 17.1 Å². The van der Waals surface area contributed by atoms with E-state index in [-0.39, 0.29) is 46.2 Å². The van der Waals surface area contributed by atoms with Crippen LogP contribution in [0, 0.1) is 12.8 Å². The molecule has 7 nitrogen and oxygen atoms in total. The normalized spacial score (nSPS) is 10.7. The molecule has 2 N–H and O–H groups in total. The second-order valence-electron chi connectivity index (χ2n) is 6.49. The summed E-state index contributed by atoms with van der Waals surface area (Å²) >= 11 is 6.15. The Hall–Kier alpha value is -2.80. The van der Waals surface area contributed by atoms with Gasteiger partial charge < -0.3 is 19.7 Å². The van der Waals surface area contributed by atoms with Crippen LogP contribution in [-0.2, 0) is 11.3 Å². The zero-order valence-corrected chi connectivity index (χ0v) is 16.3. The number of amides is 2. The first-order valence-corrected chi connectivity index (χ1v) is 8.66. The summed E-state index contributed by atoms with van der Waals surface area (Å²) in [6.07, 6.45) is 0. The van der Waals surface area contributed by atoms with Crippen molar-refractivity contribution in [2.75, 3.05) is 12.4 Å². The monoisotopic (exact) mass is 392 g/mol. The van der Waals surface area contributed by atoms with Gasteiger partial charge in [-0.3, -0.25) is 9.59 Å². The van der Waals surface area contributed by atoms with Crippen LogP contribution in [0.3, 0.4) is 0 Å². The quantitative estimate of drug-likeness (QED) is 0.778. The van der Waals surface area contributed by atoms with Crippen molar-refractivity contribution in [3.63, 3.8) is 0 Å². The van der Waals surface area contributed by atoms with Crippen LogP contribution in [0.15, 0.2) is 28.7 Å². The lowest BCUT2D eigenvalue weighted by molar-refractivity contribution is -0.118. The van der Waals surface area contributed by atoms with Crippen molar-refractivity contribution >= 4 is 35.1 Å². The van der Waals surface area contributed by atoms with Gasteiger partial charge in [-0.2, -0.15) is 0 Å². The molecule has 1 aromatic heterocycles. The number of benzene rings is 1. The largest absolute Gasteiger partial charge is 0.478 e. The van der Waals surface area contributed by atoms with Crippen LogP contribution in [0.2, 0.25) is 5.02 Å². The lowest BCUT2D eigenvalue weighted by Gasteiger charge is -2.17. The fraction of sp³-hybridized carbons (Fsp3) is 0.316. The molecule has 2 rings (SSSR count). The van der Waals surface area contributed by atoms with E-state index in [2.05, 4.69) is 5.32 Å². The van der Waals surface area contributed by atoms with Gasteiger partial charge in [0.25, 0.3) is 5.91 Å². The van der Waals surface area contributed by atoms with Gasteiger partial charge in [0, 0.05) is 18.7 Å². The number of aryl methyl sites for hydroxylation is 1. The Bertz CT molecular complexity index is 888. The van der Waals surface area contributed by atoms with E-state index < -0.39 is 5.97 Å². The summed E-state index contributed by atoms with van der Waals surface area (Å²) in [5.74, 6) is -1.22. The molecule has 0 radical (unpaired) electrons. The second kappa shape index (κ2) is 8.26. The van der Waals surface area contributed by atoms with Crippen LogP contribution in [0.25, 0.3) is 0 Å². The topological polar surface area (TPSA) is 99.9 Å². The van der Waals surface area contributed by atoms with Crippen molar-refractivity contribution in [2.24, 2.45) is 5.92 Å². The Morgan fingerprint density at radius 3 is 2.44 bits per heavy atom. The summed E-state index contributed by atoms with van der Waals surface area (Å²) in [5.41, 5.74) is 0.751. The number of halogens is 1. The number of carboxylic acids is 1. The maximum atomic E-state index is 12.7. The molecule has 0 unspecified atom stereocenters. The molecule has 0 fully saturated rings. The number of furan rings is 1. The molecule has 2 aromatic rings. The highest BCUT2D eigenvalue weighted by molar-refractivity contribution is 6.34. The predicted molar refractivity (Wildman–Crippen MR) is 101 cm³/mol. The molecule has 0 bridgehead atoms. The number of carbonyl (C=O) groups excluding carboxylic acids is 2. The first-order chi connectivity index (χ1) is 12.6. The summed E-state index contributed by atoms with van der Waals surface area (Å²) in [6.45, 7) is 5.15. The van der Waals surface area contributed by atoms with E-state index in [9.17, 15) is 14.4 Å². The van der Waals surface area contributed by atoms with Crippen LogP contribution in [-0.4, -0.2) is 34.8 Å². The predicted octanol–water partition coefficient (Wildman–Crippen LogP) is 3.81. The highest BCUT2D eigenvalue weighted by Gasteiger charge is 2.20. The van der Waals surface area contributed by atoms with Gasteiger partial charge in [-0.05, 0) is 31.2 Å². The zero-order valence-electron chi connectivity index (χ0n) is 15.5. The first kappa shape index (κ1) is 20.5. The van der Waals surface area contributed by atoms with Crippen LogP contribution in [0.5, 0.6) is 0 Å². The third-order valence-corrected chi connectivity index (χ3v) is 4.26. The number of carbonyl (C=O) groups is 3. The van der Waals surface area contributed by atoms with Gasteiger partial charge in [-0.1, -0.05) is 25.4 Å². The van der Waals surface area contributed by atoms with Gasteiger partial charge >= 0.3 is 5.97 Å². The SMILES string of the molecule is Cc1oc(CN(C)C(=O)c2cc(NC(=O)C(C)C)ccc2Cl)cc1C(=O)O. The van der Waals surface area contributed by atoms with E-state index in [0.717, 1.165) is 0 Å². The molecule has 0 saturated heterocycles. The molecule has 2 amide bonds. The number of rotatable bonds is 6. The molecule has 0 atom stereocenters. The molecule has 0 aliphatic heterocycles. The fourth-order valence-corrected chi connectivity index (χ4v) is 2.60. The van der Waals surface area contributed by atoms with Crippen LogP contribution in [0.1, 0.15) is 46.1 Å². The average Bonchev–Trinajstić information content (AvgIpc) is 2.96. The van der Waals surface area contributed by atoms with Gasteiger partial charge in [-0.15, -0.1) is 0 Å². The molecular formula is C19H21ClN2O5. The Kier molecular flexibility index (Phi) is 6.28. The van der Waals surface area contributed by atoms with E-state index in [1.807, 2.05) is 0 Å². The third-order valence-electron chi connectivity index (χ3n) is 3.93. The number of anilines is 1. The summed E-state index contributed by atoms with van der Waals surface area (Å²) < 4.78 is 5.40. The molecule has 0 spiro atoms. The number of hydrogen-bond donors (Lipinski definition) is 2. The molecular weight excluding hydrogens is 372 g/mol. The van der Waals surface area contributed by atoms with Crippen molar-refractivity contribution in [1.82, 2.24) is 4.90 Å². The minimum Gasteiger partial charge on any atom is -0.478 e. The van der Waals surface area contributed by atoms with Crippen LogP contribution < -0.4 is 5.32 Å². The molecule has 144 valence electrons. The fourth-order valence-electron chi connectivity index (χ4n) is 2.40. The van der Waals surface area contributed by atoms with Crippen molar-refractivity contribution in [3.05, 3.63) is 51.9 Å². The Morgan fingerprint density at radius 2 is 1.89 bits per heavy atom. The number of hydrogen-bond acceptors (Lipinski definition) is 4. The summed E-state index contributed by atoms with van der Waals surface area (Å²) in [4.78, 5) is 37.0. The Morgan fingerprint density at radius 1 is 1.22 bits per heavy atom. The number of carboxylic acid groups (broad SMARTS) is 1. The number of nitrogens with one attached hydrogen (secondary N) is 1. The first-order valence-electron chi connectivity index (χ1n) is 8.28. The van der Waals surface area contributed by atoms with E-state index in [4.69, 9.17) is 21.1 Å². The second-order valence-corrected chi connectivity index (χ2v) is 6.89. The lowest BCUT2D eigenvalue weighted by Crippen LogP contribution is -2.26. The Labute approximate surface area is 161 Å². The zero-order chi connectivity index (χ0) is 20.3. The molecule has 1 heterocycles. The Balaban J connectivity index is 2.19. The van der Waals surface area contributed by atoms with Crippen molar-refractivity contribution in [3.8, 4) is 0 Å². The van der Waals surface area contributed by atoms with Gasteiger partial charge in [0.2, 0.25) is 5.91 Å². The lowest BCUT2D eigenvalue weighted by atomic mass is 10.1. The highest BCUT2D eigenvalue weighted by Crippen LogP contribution is 2.24. The van der Waals surface area contributed by atoms with Gasteiger partial charge in [-0.25, -0.2) is 4.79 Å². The summed E-state index contributed by atoms with van der Waals surface area (Å²) in [5, 5.41) is 12.1.